The number of methoxy groups -OCH3 is 1. The average Bonchev–Trinajstić information content (AvgIpc) is 3.33. The van der Waals surface area contributed by atoms with Gasteiger partial charge in [-0.3, -0.25) is 4.79 Å². The van der Waals surface area contributed by atoms with E-state index in [4.69, 9.17) is 18.9 Å². The first-order valence-electron chi connectivity index (χ1n) is 10.5. The SMILES string of the molecule is COc1ccc(CC2OCCO2)c2c1O[C@@H]1[C@@H](O)CCC[C@]21CCN(C)C(C)=O. The molecule has 3 atom stereocenters. The number of ether oxygens (including phenoxy) is 4. The molecule has 1 saturated carbocycles. The summed E-state index contributed by atoms with van der Waals surface area (Å²) in [5, 5.41) is 10.8. The first-order valence-corrected chi connectivity index (χ1v) is 10.5. The van der Waals surface area contributed by atoms with Gasteiger partial charge in [-0.05, 0) is 37.3 Å². The first kappa shape index (κ1) is 20.4. The van der Waals surface area contributed by atoms with Crippen molar-refractivity contribution < 1.29 is 28.8 Å². The first-order chi connectivity index (χ1) is 14.0. The minimum atomic E-state index is -0.546. The van der Waals surface area contributed by atoms with Crippen molar-refractivity contribution in [2.45, 2.75) is 62.9 Å². The Balaban J connectivity index is 1.76. The van der Waals surface area contributed by atoms with E-state index < -0.39 is 6.10 Å². The Labute approximate surface area is 171 Å². The van der Waals surface area contributed by atoms with Gasteiger partial charge in [-0.2, -0.15) is 0 Å². The summed E-state index contributed by atoms with van der Waals surface area (Å²) in [6.45, 7) is 3.40. The monoisotopic (exact) mass is 405 g/mol. The Morgan fingerprint density at radius 3 is 2.79 bits per heavy atom. The smallest absolute Gasteiger partial charge is 0.219 e. The van der Waals surface area contributed by atoms with Crippen molar-refractivity contribution in [2.24, 2.45) is 0 Å². The fourth-order valence-corrected chi connectivity index (χ4v) is 5.09. The second kappa shape index (κ2) is 8.13. The zero-order chi connectivity index (χ0) is 20.6. The fourth-order valence-electron chi connectivity index (χ4n) is 5.09. The van der Waals surface area contributed by atoms with Gasteiger partial charge in [0.15, 0.2) is 17.8 Å². The van der Waals surface area contributed by atoms with Gasteiger partial charge in [0.2, 0.25) is 5.91 Å². The molecule has 1 amide bonds. The second-order valence-corrected chi connectivity index (χ2v) is 8.35. The van der Waals surface area contributed by atoms with Gasteiger partial charge in [-0.25, -0.2) is 0 Å². The largest absolute Gasteiger partial charge is 0.493 e. The van der Waals surface area contributed by atoms with E-state index in [0.29, 0.717) is 31.9 Å². The highest BCUT2D eigenvalue weighted by molar-refractivity contribution is 5.72. The van der Waals surface area contributed by atoms with Crippen LogP contribution in [0.5, 0.6) is 11.5 Å². The molecular formula is C22H31NO6. The second-order valence-electron chi connectivity index (χ2n) is 8.35. The molecule has 4 rings (SSSR count). The van der Waals surface area contributed by atoms with E-state index in [1.165, 1.54) is 0 Å². The summed E-state index contributed by atoms with van der Waals surface area (Å²) in [6, 6.07) is 3.98. The molecule has 1 saturated heterocycles. The molecule has 29 heavy (non-hydrogen) atoms. The molecule has 2 fully saturated rings. The van der Waals surface area contributed by atoms with Crippen LogP contribution in [0.2, 0.25) is 0 Å². The number of benzene rings is 1. The lowest BCUT2D eigenvalue weighted by Crippen LogP contribution is -2.51. The minimum Gasteiger partial charge on any atom is -0.493 e. The predicted octanol–water partition coefficient (Wildman–Crippen LogP) is 2.02. The molecule has 0 aromatic heterocycles. The maximum absolute atomic E-state index is 11.8. The Morgan fingerprint density at radius 2 is 2.10 bits per heavy atom. The highest BCUT2D eigenvalue weighted by Gasteiger charge is 2.55. The molecular weight excluding hydrogens is 374 g/mol. The van der Waals surface area contributed by atoms with Crippen molar-refractivity contribution in [3.8, 4) is 11.5 Å². The Bertz CT molecular complexity index is 762. The number of aliphatic hydroxyl groups is 1. The molecule has 1 aliphatic carbocycles. The van der Waals surface area contributed by atoms with Crippen LogP contribution in [0.1, 0.15) is 43.7 Å². The van der Waals surface area contributed by atoms with Gasteiger partial charge in [0, 0.05) is 37.9 Å². The van der Waals surface area contributed by atoms with Gasteiger partial charge in [0.1, 0.15) is 6.10 Å². The number of fused-ring (bicyclic) bond motifs is 3. The molecule has 7 heteroatoms. The highest BCUT2D eigenvalue weighted by Crippen LogP contribution is 2.56. The van der Waals surface area contributed by atoms with Crippen LogP contribution >= 0.6 is 0 Å². The lowest BCUT2D eigenvalue weighted by atomic mass is 9.64. The van der Waals surface area contributed by atoms with Crippen LogP contribution in [0.25, 0.3) is 0 Å². The third-order valence-electron chi connectivity index (χ3n) is 6.70. The van der Waals surface area contributed by atoms with Gasteiger partial charge in [0.25, 0.3) is 0 Å². The maximum Gasteiger partial charge on any atom is 0.219 e. The molecule has 2 aliphatic heterocycles. The van der Waals surface area contributed by atoms with Crippen LogP contribution in [0.15, 0.2) is 12.1 Å². The van der Waals surface area contributed by atoms with Gasteiger partial charge < -0.3 is 29.0 Å². The van der Waals surface area contributed by atoms with E-state index in [1.54, 1.807) is 18.9 Å². The van der Waals surface area contributed by atoms with Gasteiger partial charge in [-0.15, -0.1) is 0 Å². The van der Waals surface area contributed by atoms with Crippen molar-refractivity contribution in [3.05, 3.63) is 23.3 Å². The molecule has 0 unspecified atom stereocenters. The van der Waals surface area contributed by atoms with Gasteiger partial charge in [-0.1, -0.05) is 6.07 Å². The highest BCUT2D eigenvalue weighted by atomic mass is 16.7. The third kappa shape index (κ3) is 3.60. The lowest BCUT2D eigenvalue weighted by Gasteiger charge is -2.42. The quantitative estimate of drug-likeness (QED) is 0.780. The Hall–Kier alpha value is -1.83. The summed E-state index contributed by atoms with van der Waals surface area (Å²) in [4.78, 5) is 13.5. The standard InChI is InChI=1S/C22H31NO6/c1-14(24)23(2)10-9-22-8-4-5-16(25)21(22)29-20-17(26-3)7-6-15(19(20)22)13-18-27-11-12-28-18/h6-7,16,18,21,25H,4-5,8-13H2,1-3H3/t16-,21+,22-/m0/s1. The lowest BCUT2D eigenvalue weighted by molar-refractivity contribution is -0.128. The fraction of sp³-hybridized carbons (Fsp3) is 0.682. The predicted molar refractivity (Wildman–Crippen MR) is 106 cm³/mol. The normalized spacial score (nSPS) is 28.6. The van der Waals surface area contributed by atoms with E-state index >= 15 is 0 Å². The number of carbonyl (C=O) groups excluding carboxylic acids is 1. The van der Waals surface area contributed by atoms with Crippen LogP contribution in [0.4, 0.5) is 0 Å². The summed E-state index contributed by atoms with van der Waals surface area (Å²) in [5.41, 5.74) is 1.84. The van der Waals surface area contributed by atoms with Crippen molar-refractivity contribution >= 4 is 5.91 Å². The van der Waals surface area contributed by atoms with Gasteiger partial charge in [0.05, 0.1) is 26.4 Å². The molecule has 1 aromatic carbocycles. The minimum absolute atomic E-state index is 0.0343. The number of aliphatic hydroxyl groups excluding tert-OH is 1. The van der Waals surface area contributed by atoms with Crippen molar-refractivity contribution in [2.75, 3.05) is 33.9 Å². The number of carbonyl (C=O) groups is 1. The van der Waals surface area contributed by atoms with E-state index in [9.17, 15) is 9.90 Å². The zero-order valence-corrected chi connectivity index (χ0v) is 17.5. The molecule has 1 N–H and O–H groups in total. The van der Waals surface area contributed by atoms with Crippen LogP contribution in [0.3, 0.4) is 0 Å². The molecule has 7 nitrogen and oxygen atoms in total. The summed E-state index contributed by atoms with van der Waals surface area (Å²) < 4.78 is 23.4. The Kier molecular flexibility index (Phi) is 5.73. The number of nitrogens with zero attached hydrogens (tertiary/aromatic N) is 1. The third-order valence-corrected chi connectivity index (χ3v) is 6.70. The van der Waals surface area contributed by atoms with Gasteiger partial charge >= 0.3 is 0 Å². The average molecular weight is 405 g/mol. The van der Waals surface area contributed by atoms with E-state index in [2.05, 4.69) is 6.07 Å². The molecule has 0 radical (unpaired) electrons. The van der Waals surface area contributed by atoms with E-state index in [0.717, 1.165) is 42.6 Å². The number of rotatable bonds is 6. The summed E-state index contributed by atoms with van der Waals surface area (Å²) >= 11 is 0. The molecule has 160 valence electrons. The van der Waals surface area contributed by atoms with E-state index in [-0.39, 0.29) is 23.7 Å². The van der Waals surface area contributed by atoms with Crippen molar-refractivity contribution in [1.29, 1.82) is 0 Å². The van der Waals surface area contributed by atoms with Crippen molar-refractivity contribution in [3.63, 3.8) is 0 Å². The van der Waals surface area contributed by atoms with E-state index in [1.807, 2.05) is 13.1 Å². The molecule has 0 bridgehead atoms. The number of amides is 1. The Morgan fingerprint density at radius 1 is 1.34 bits per heavy atom. The zero-order valence-electron chi connectivity index (χ0n) is 17.5. The molecule has 3 aliphatic rings. The number of hydrogen-bond donors (Lipinski definition) is 1. The van der Waals surface area contributed by atoms with Crippen LogP contribution < -0.4 is 9.47 Å². The maximum atomic E-state index is 11.8. The summed E-state index contributed by atoms with van der Waals surface area (Å²) in [7, 11) is 3.45. The van der Waals surface area contributed by atoms with Crippen molar-refractivity contribution in [1.82, 2.24) is 4.90 Å². The number of hydrogen-bond acceptors (Lipinski definition) is 6. The van der Waals surface area contributed by atoms with Crippen LogP contribution in [-0.4, -0.2) is 68.3 Å². The van der Waals surface area contributed by atoms with Crippen LogP contribution in [0, 0.1) is 0 Å². The summed E-state index contributed by atoms with van der Waals surface area (Å²) in [5.74, 6) is 1.43. The molecule has 2 heterocycles. The topological polar surface area (TPSA) is 77.5 Å². The summed E-state index contributed by atoms with van der Waals surface area (Å²) in [6.07, 6.45) is 2.74. The molecule has 0 spiro atoms. The molecule has 1 aromatic rings. The van der Waals surface area contributed by atoms with Crippen LogP contribution in [-0.2, 0) is 26.1 Å².